The van der Waals surface area contributed by atoms with Crippen molar-refractivity contribution in [3.8, 4) is 0 Å². The van der Waals surface area contributed by atoms with Crippen LogP contribution >= 0.6 is 15.9 Å². The Bertz CT molecular complexity index is 360. The Hall–Kier alpha value is -1.05. The summed E-state index contributed by atoms with van der Waals surface area (Å²) in [5.74, 6) is -0.440. The van der Waals surface area contributed by atoms with Gasteiger partial charge in [0, 0.05) is 5.33 Å². The van der Waals surface area contributed by atoms with E-state index in [0.29, 0.717) is 0 Å². The van der Waals surface area contributed by atoms with Gasteiger partial charge in [0.1, 0.15) is 12.3 Å². The van der Waals surface area contributed by atoms with Crippen LogP contribution in [0.4, 0.5) is 5.82 Å². The Morgan fingerprint density at radius 1 is 1.60 bits per heavy atom. The Kier molecular flexibility index (Phi) is 4.13. The van der Waals surface area contributed by atoms with E-state index in [2.05, 4.69) is 20.9 Å². The van der Waals surface area contributed by atoms with Gasteiger partial charge in [0.25, 0.3) is 0 Å². The predicted molar refractivity (Wildman–Crippen MR) is 55.7 cm³/mol. The molecule has 0 fully saturated rings. The Labute approximate surface area is 93.9 Å². The van der Waals surface area contributed by atoms with Crippen LogP contribution in [0.5, 0.6) is 0 Å². The molecule has 0 saturated carbocycles. The summed E-state index contributed by atoms with van der Waals surface area (Å²) in [6.07, 6.45) is -1.17. The molecule has 15 heavy (non-hydrogen) atoms. The first-order chi connectivity index (χ1) is 7.07. The van der Waals surface area contributed by atoms with Gasteiger partial charge < -0.3 is 20.3 Å². The van der Waals surface area contributed by atoms with Crippen LogP contribution in [0.2, 0.25) is 0 Å². The maximum absolute atomic E-state index is 10.6. The molecule has 2 unspecified atom stereocenters. The summed E-state index contributed by atoms with van der Waals surface area (Å²) < 4.78 is 0. The van der Waals surface area contributed by atoms with Crippen LogP contribution in [0.15, 0.2) is 18.3 Å². The van der Waals surface area contributed by atoms with Crippen LogP contribution in [-0.2, 0) is 0 Å². The third kappa shape index (κ3) is 2.71. The van der Waals surface area contributed by atoms with Crippen LogP contribution in [-0.4, -0.2) is 31.6 Å². The Morgan fingerprint density at radius 2 is 2.27 bits per heavy atom. The maximum atomic E-state index is 10.6. The molecule has 2 atom stereocenters. The summed E-state index contributed by atoms with van der Waals surface area (Å²) >= 11 is 2.97. The minimum Gasteiger partial charge on any atom is -0.389 e. The number of rotatable bonds is 4. The van der Waals surface area contributed by atoms with E-state index in [1.807, 2.05) is 0 Å². The fourth-order valence-electron chi connectivity index (χ4n) is 1.08. The molecule has 0 saturated heterocycles. The lowest BCUT2D eigenvalue weighted by molar-refractivity contribution is -0.391. The first-order valence-corrected chi connectivity index (χ1v) is 5.21. The Balaban J connectivity index is 3.07. The van der Waals surface area contributed by atoms with Crippen LogP contribution in [0, 0.1) is 10.1 Å². The SMILES string of the molecule is O=[N+]([O-])c1ncccc1C(O)C(O)CBr. The third-order valence-corrected chi connectivity index (χ3v) is 2.49. The van der Waals surface area contributed by atoms with Crippen LogP contribution in [0.3, 0.4) is 0 Å². The second kappa shape index (κ2) is 5.15. The normalized spacial score (nSPS) is 14.6. The molecule has 0 aliphatic carbocycles. The zero-order chi connectivity index (χ0) is 11.4. The highest BCUT2D eigenvalue weighted by molar-refractivity contribution is 9.09. The van der Waals surface area contributed by atoms with E-state index in [4.69, 9.17) is 0 Å². The second-order valence-corrected chi connectivity index (χ2v) is 3.49. The fraction of sp³-hybridized carbons (Fsp3) is 0.375. The molecule has 1 rings (SSSR count). The number of nitro groups is 1. The third-order valence-electron chi connectivity index (χ3n) is 1.83. The van der Waals surface area contributed by atoms with Crippen molar-refractivity contribution in [3.63, 3.8) is 0 Å². The summed E-state index contributed by atoms with van der Waals surface area (Å²) in [7, 11) is 0. The monoisotopic (exact) mass is 276 g/mol. The van der Waals surface area contributed by atoms with Crippen LogP contribution < -0.4 is 0 Å². The number of hydrogen-bond acceptors (Lipinski definition) is 5. The molecule has 0 amide bonds. The highest BCUT2D eigenvalue weighted by atomic mass is 79.9. The van der Waals surface area contributed by atoms with Crippen molar-refractivity contribution in [2.75, 3.05) is 5.33 Å². The summed E-state index contributed by atoms with van der Waals surface area (Å²) in [5, 5.41) is 29.6. The quantitative estimate of drug-likeness (QED) is 0.481. The number of alkyl halides is 1. The lowest BCUT2D eigenvalue weighted by Gasteiger charge is -2.14. The van der Waals surface area contributed by atoms with Crippen molar-refractivity contribution in [1.29, 1.82) is 0 Å². The number of pyridine rings is 1. The lowest BCUT2D eigenvalue weighted by Crippen LogP contribution is -2.20. The second-order valence-electron chi connectivity index (χ2n) is 2.84. The number of aliphatic hydroxyl groups excluding tert-OH is 2. The molecule has 2 N–H and O–H groups in total. The van der Waals surface area contributed by atoms with E-state index >= 15 is 0 Å². The summed E-state index contributed by atoms with van der Waals surface area (Å²) in [6.45, 7) is 0. The molecular formula is C8H9BrN2O4. The van der Waals surface area contributed by atoms with E-state index in [0.717, 1.165) is 0 Å². The van der Waals surface area contributed by atoms with E-state index in [9.17, 15) is 20.3 Å². The summed E-state index contributed by atoms with van der Waals surface area (Å²) in [6, 6.07) is 2.83. The van der Waals surface area contributed by atoms with Gasteiger partial charge in [-0.3, -0.25) is 0 Å². The van der Waals surface area contributed by atoms with Gasteiger partial charge in [0.2, 0.25) is 0 Å². The largest absolute Gasteiger partial charge is 0.389 e. The van der Waals surface area contributed by atoms with Gasteiger partial charge in [-0.15, -0.1) is 0 Å². The van der Waals surface area contributed by atoms with E-state index in [1.54, 1.807) is 0 Å². The maximum Gasteiger partial charge on any atom is 0.369 e. The van der Waals surface area contributed by atoms with Gasteiger partial charge in [0.15, 0.2) is 0 Å². The molecule has 0 radical (unpaired) electrons. The van der Waals surface area contributed by atoms with E-state index in [-0.39, 0.29) is 10.9 Å². The number of halogens is 1. The zero-order valence-corrected chi connectivity index (χ0v) is 9.16. The molecule has 1 heterocycles. The molecule has 0 aliphatic heterocycles. The minimum atomic E-state index is -1.32. The highest BCUT2D eigenvalue weighted by Crippen LogP contribution is 2.25. The molecule has 0 bridgehead atoms. The Morgan fingerprint density at radius 3 is 2.80 bits per heavy atom. The number of hydrogen-bond donors (Lipinski definition) is 2. The number of nitrogens with zero attached hydrogens (tertiary/aromatic N) is 2. The van der Waals surface area contributed by atoms with Gasteiger partial charge in [-0.1, -0.05) is 15.9 Å². The zero-order valence-electron chi connectivity index (χ0n) is 7.58. The first-order valence-electron chi connectivity index (χ1n) is 4.09. The smallest absolute Gasteiger partial charge is 0.369 e. The van der Waals surface area contributed by atoms with Gasteiger partial charge in [0.05, 0.1) is 11.7 Å². The lowest BCUT2D eigenvalue weighted by atomic mass is 10.1. The minimum absolute atomic E-state index is 0.00875. The van der Waals surface area contributed by atoms with Crippen molar-refractivity contribution in [2.45, 2.75) is 12.2 Å². The van der Waals surface area contributed by atoms with Crippen LogP contribution in [0.25, 0.3) is 0 Å². The highest BCUT2D eigenvalue weighted by Gasteiger charge is 2.26. The van der Waals surface area contributed by atoms with Gasteiger partial charge in [-0.05, 0) is 22.0 Å². The molecule has 7 heteroatoms. The number of aromatic nitrogens is 1. The average molecular weight is 277 g/mol. The van der Waals surface area contributed by atoms with Gasteiger partial charge in [-0.25, -0.2) is 0 Å². The predicted octanol–water partition coefficient (Wildman–Crippen LogP) is 0.779. The van der Waals surface area contributed by atoms with Crippen molar-refractivity contribution >= 4 is 21.7 Å². The van der Waals surface area contributed by atoms with Gasteiger partial charge in [-0.2, -0.15) is 0 Å². The molecule has 1 aromatic heterocycles. The van der Waals surface area contributed by atoms with E-state index < -0.39 is 22.9 Å². The average Bonchev–Trinajstić information content (AvgIpc) is 2.27. The molecule has 0 aromatic carbocycles. The first kappa shape index (κ1) is 12.0. The van der Waals surface area contributed by atoms with Crippen molar-refractivity contribution in [1.82, 2.24) is 4.98 Å². The molecule has 1 aromatic rings. The van der Waals surface area contributed by atoms with Crippen LogP contribution in [0.1, 0.15) is 11.7 Å². The fourth-order valence-corrected chi connectivity index (χ4v) is 1.44. The molecular weight excluding hydrogens is 268 g/mol. The molecule has 6 nitrogen and oxygen atoms in total. The van der Waals surface area contributed by atoms with Crippen molar-refractivity contribution in [2.24, 2.45) is 0 Å². The molecule has 0 spiro atoms. The van der Waals surface area contributed by atoms with Crippen molar-refractivity contribution < 1.29 is 15.1 Å². The van der Waals surface area contributed by atoms with Crippen molar-refractivity contribution in [3.05, 3.63) is 34.0 Å². The molecule has 0 aliphatic rings. The summed E-state index contributed by atoms with van der Waals surface area (Å²) in [4.78, 5) is 13.4. The van der Waals surface area contributed by atoms with E-state index in [1.165, 1.54) is 18.3 Å². The topological polar surface area (TPSA) is 96.5 Å². The molecule has 82 valence electrons. The standard InChI is InChI=1S/C8H9BrN2O4/c9-4-6(12)7(13)5-2-1-3-10-8(5)11(14)15/h1-3,6-7,12-13H,4H2. The number of aliphatic hydroxyl groups is 2. The summed E-state index contributed by atoms with van der Waals surface area (Å²) in [5.41, 5.74) is 0.00875. The van der Waals surface area contributed by atoms with Gasteiger partial charge >= 0.3 is 5.82 Å².